The summed E-state index contributed by atoms with van der Waals surface area (Å²) in [4.78, 5) is 46.6. The second kappa shape index (κ2) is 12.6. The van der Waals surface area contributed by atoms with E-state index in [0.717, 1.165) is 36.1 Å². The second-order valence-corrected chi connectivity index (χ2v) is 12.6. The molecule has 3 amide bonds. The predicted molar refractivity (Wildman–Crippen MR) is 165 cm³/mol. The molecule has 43 heavy (non-hydrogen) atoms. The fourth-order valence-corrected chi connectivity index (χ4v) is 5.98. The van der Waals surface area contributed by atoms with Crippen molar-refractivity contribution in [2.45, 2.75) is 89.9 Å². The van der Waals surface area contributed by atoms with E-state index in [-0.39, 0.29) is 42.7 Å². The van der Waals surface area contributed by atoms with Crippen LogP contribution >= 0.6 is 0 Å². The molecule has 2 aromatic carbocycles. The Kier molecular flexibility index (Phi) is 8.89. The molecule has 3 unspecified atom stereocenters. The maximum absolute atomic E-state index is 13.7. The molecule has 0 fully saturated rings. The van der Waals surface area contributed by atoms with Crippen molar-refractivity contribution in [1.82, 2.24) is 15.5 Å². The quantitative estimate of drug-likeness (QED) is 0.395. The Morgan fingerprint density at radius 1 is 1.14 bits per heavy atom. The molecule has 0 spiro atoms. The lowest BCUT2D eigenvalue weighted by atomic mass is 9.85. The molecule has 0 saturated carbocycles. The molecule has 0 aromatic heterocycles. The van der Waals surface area contributed by atoms with Crippen LogP contribution in [0.4, 0.5) is 4.79 Å². The van der Waals surface area contributed by atoms with E-state index in [9.17, 15) is 14.4 Å². The van der Waals surface area contributed by atoms with E-state index in [1.54, 1.807) is 32.9 Å². The van der Waals surface area contributed by atoms with Gasteiger partial charge in [0.15, 0.2) is 0 Å². The number of hydrogen-bond acceptors (Lipinski definition) is 6. The first-order valence-electron chi connectivity index (χ1n) is 15.2. The van der Waals surface area contributed by atoms with Crippen LogP contribution in [0, 0.1) is 5.92 Å². The van der Waals surface area contributed by atoms with Gasteiger partial charge in [-0.05, 0) is 76.6 Å². The highest BCUT2D eigenvalue weighted by Crippen LogP contribution is 2.38. The number of rotatable bonds is 1. The number of benzene rings is 2. The van der Waals surface area contributed by atoms with E-state index in [1.807, 2.05) is 43.3 Å². The largest absolute Gasteiger partial charge is 0.493 e. The summed E-state index contributed by atoms with van der Waals surface area (Å²) in [6, 6.07) is 14.9. The highest BCUT2D eigenvalue weighted by Gasteiger charge is 2.40. The van der Waals surface area contributed by atoms with Crippen molar-refractivity contribution < 1.29 is 23.9 Å². The monoisotopic (exact) mass is 586 g/mol. The summed E-state index contributed by atoms with van der Waals surface area (Å²) in [6.07, 6.45) is 7.62. The number of hydrogen-bond donors (Lipinski definition) is 2. The summed E-state index contributed by atoms with van der Waals surface area (Å²) in [5.41, 5.74) is 0.872. The standard InChI is InChI=1S/C34H42N4O5/c1-5-34-18-11-7-6-8-14-25-22-42-27-17-10-9-16-26(27)29(25)35-30(40)24-15-12-13-23(19-24)21-38(28(39)20-34)31(37-34)36-32(41)43-33(2,3)4/h6-7,9-10,12-13,15-17,19,25,29H,5,8,11,14,18,20-22H2,1-4H3,(H,35,40)(H,36,37,41)/b7-6+. The van der Waals surface area contributed by atoms with Crippen LogP contribution in [0.1, 0.15) is 93.7 Å². The van der Waals surface area contributed by atoms with Crippen LogP contribution in [0.2, 0.25) is 0 Å². The lowest BCUT2D eigenvalue weighted by Crippen LogP contribution is -2.54. The van der Waals surface area contributed by atoms with Crippen molar-refractivity contribution in [2.24, 2.45) is 10.9 Å². The lowest BCUT2D eigenvalue weighted by molar-refractivity contribution is -0.130. The smallest absolute Gasteiger partial charge is 0.414 e. The molecule has 4 aliphatic rings. The summed E-state index contributed by atoms with van der Waals surface area (Å²) < 4.78 is 11.6. The molecular formula is C34H42N4O5. The number of alkyl carbamates (subject to hydrolysis) is 1. The van der Waals surface area contributed by atoms with Crippen molar-refractivity contribution in [3.05, 3.63) is 77.4 Å². The Morgan fingerprint density at radius 3 is 2.72 bits per heavy atom. The second-order valence-electron chi connectivity index (χ2n) is 12.6. The minimum Gasteiger partial charge on any atom is -0.493 e. The molecule has 4 heterocycles. The zero-order valence-electron chi connectivity index (χ0n) is 25.5. The first kappa shape index (κ1) is 30.3. The highest BCUT2D eigenvalue weighted by atomic mass is 16.6. The molecule has 6 rings (SSSR count). The summed E-state index contributed by atoms with van der Waals surface area (Å²) in [5, 5.41) is 6.04. The summed E-state index contributed by atoms with van der Waals surface area (Å²) in [6.45, 7) is 8.07. The number of nitrogens with zero attached hydrogens (tertiary/aromatic N) is 2. The zero-order valence-corrected chi connectivity index (χ0v) is 25.5. The van der Waals surface area contributed by atoms with Crippen molar-refractivity contribution in [2.75, 3.05) is 6.61 Å². The number of carbonyl (C=O) groups is 3. The number of aliphatic imine (C=N–C) groups is 1. The van der Waals surface area contributed by atoms with Gasteiger partial charge in [-0.15, -0.1) is 0 Å². The number of nitrogens with one attached hydrogen (secondary N) is 2. The molecule has 0 radical (unpaired) electrons. The van der Waals surface area contributed by atoms with E-state index in [0.29, 0.717) is 25.0 Å². The van der Waals surface area contributed by atoms with Gasteiger partial charge in [0.05, 0.1) is 31.2 Å². The molecule has 3 atom stereocenters. The van der Waals surface area contributed by atoms with Crippen molar-refractivity contribution in [1.29, 1.82) is 0 Å². The molecule has 2 aromatic rings. The van der Waals surface area contributed by atoms with Crippen LogP contribution in [-0.2, 0) is 16.1 Å². The summed E-state index contributed by atoms with van der Waals surface area (Å²) in [5.74, 6) is 0.768. The fourth-order valence-electron chi connectivity index (χ4n) is 5.98. The van der Waals surface area contributed by atoms with Crippen LogP contribution in [0.15, 0.2) is 65.7 Å². The van der Waals surface area contributed by atoms with Crippen molar-refractivity contribution >= 4 is 23.9 Å². The third-order valence-electron chi connectivity index (χ3n) is 8.29. The average molecular weight is 587 g/mol. The van der Waals surface area contributed by atoms with Crippen LogP contribution in [0.5, 0.6) is 5.75 Å². The zero-order chi connectivity index (χ0) is 30.6. The number of carbonyl (C=O) groups excluding carboxylic acids is 3. The van der Waals surface area contributed by atoms with E-state index < -0.39 is 17.2 Å². The molecule has 4 bridgehead atoms. The van der Waals surface area contributed by atoms with E-state index in [1.165, 1.54) is 4.90 Å². The summed E-state index contributed by atoms with van der Waals surface area (Å²) in [7, 11) is 0. The SMILES string of the molecule is CCC12CC/C=C/CCC3COc4ccccc4C3NC(=O)c3cccc(c3)CN(C(=O)C1)C(NC(=O)OC(C)(C)C)=N2. The normalized spacial score (nSPS) is 25.1. The van der Waals surface area contributed by atoms with E-state index >= 15 is 0 Å². The third-order valence-corrected chi connectivity index (χ3v) is 8.29. The number of para-hydroxylation sites is 1. The molecule has 9 heteroatoms. The number of allylic oxidation sites excluding steroid dienone is 2. The van der Waals surface area contributed by atoms with Crippen LogP contribution in [0.25, 0.3) is 0 Å². The Bertz CT molecular complexity index is 1430. The van der Waals surface area contributed by atoms with Gasteiger partial charge in [-0.1, -0.05) is 49.4 Å². The topological polar surface area (TPSA) is 109 Å². The number of ether oxygens (including phenoxy) is 2. The first-order valence-corrected chi connectivity index (χ1v) is 15.2. The van der Waals surface area contributed by atoms with Gasteiger partial charge in [0.1, 0.15) is 11.4 Å². The number of amides is 3. The van der Waals surface area contributed by atoms with Gasteiger partial charge in [-0.3, -0.25) is 19.8 Å². The van der Waals surface area contributed by atoms with Crippen LogP contribution in [0.3, 0.4) is 0 Å². The lowest BCUT2D eigenvalue weighted by Gasteiger charge is -2.38. The van der Waals surface area contributed by atoms with Gasteiger partial charge in [-0.2, -0.15) is 0 Å². The molecule has 9 nitrogen and oxygen atoms in total. The molecular weight excluding hydrogens is 544 g/mol. The van der Waals surface area contributed by atoms with E-state index in [4.69, 9.17) is 14.5 Å². The number of guanidine groups is 1. The molecule has 2 N–H and O–H groups in total. The summed E-state index contributed by atoms with van der Waals surface area (Å²) >= 11 is 0. The van der Waals surface area contributed by atoms with Gasteiger partial charge in [0.2, 0.25) is 11.9 Å². The third kappa shape index (κ3) is 7.27. The molecule has 0 saturated heterocycles. The Labute approximate surface area is 253 Å². The van der Waals surface area contributed by atoms with Crippen molar-refractivity contribution in [3.63, 3.8) is 0 Å². The Hall–Kier alpha value is -4.14. The average Bonchev–Trinajstić information content (AvgIpc) is 2.96. The van der Waals surface area contributed by atoms with Gasteiger partial charge >= 0.3 is 6.09 Å². The van der Waals surface area contributed by atoms with Crippen LogP contribution in [-0.4, -0.2) is 46.5 Å². The van der Waals surface area contributed by atoms with Crippen molar-refractivity contribution in [3.8, 4) is 5.75 Å². The maximum atomic E-state index is 13.7. The Balaban J connectivity index is 1.49. The van der Waals surface area contributed by atoms with Gasteiger partial charge < -0.3 is 14.8 Å². The van der Waals surface area contributed by atoms with Crippen LogP contribution < -0.4 is 15.4 Å². The van der Waals surface area contributed by atoms with E-state index in [2.05, 4.69) is 22.8 Å². The number of fused-ring (bicyclic) bond motifs is 7. The van der Waals surface area contributed by atoms with Gasteiger partial charge in [0.25, 0.3) is 5.91 Å². The minimum atomic E-state index is -0.711. The molecule has 4 aliphatic heterocycles. The predicted octanol–water partition coefficient (Wildman–Crippen LogP) is 6.06. The first-order chi connectivity index (χ1) is 20.6. The highest BCUT2D eigenvalue weighted by molar-refractivity contribution is 6.05. The molecule has 0 aliphatic carbocycles. The van der Waals surface area contributed by atoms with Gasteiger partial charge in [-0.25, -0.2) is 9.79 Å². The Morgan fingerprint density at radius 2 is 1.93 bits per heavy atom. The fraction of sp³-hybridized carbons (Fsp3) is 0.471. The maximum Gasteiger partial charge on any atom is 0.414 e. The molecule has 228 valence electrons. The van der Waals surface area contributed by atoms with Gasteiger partial charge in [0, 0.05) is 17.0 Å². The minimum absolute atomic E-state index is 0.124.